The lowest BCUT2D eigenvalue weighted by atomic mass is 10.2. The van der Waals surface area contributed by atoms with E-state index >= 15 is 0 Å². The zero-order valence-electron chi connectivity index (χ0n) is 18.1. The summed E-state index contributed by atoms with van der Waals surface area (Å²) in [6, 6.07) is 8.91. The number of rotatable bonds is 8. The molecule has 0 saturated heterocycles. The van der Waals surface area contributed by atoms with Crippen molar-refractivity contribution in [2.75, 3.05) is 19.0 Å². The number of aromatic nitrogens is 1. The van der Waals surface area contributed by atoms with E-state index in [0.29, 0.717) is 30.3 Å². The summed E-state index contributed by atoms with van der Waals surface area (Å²) in [5, 5.41) is 5.39. The van der Waals surface area contributed by atoms with Crippen molar-refractivity contribution in [3.8, 4) is 17.4 Å². The molecule has 2 N–H and O–H groups in total. The molecule has 1 heterocycles. The van der Waals surface area contributed by atoms with Gasteiger partial charge in [-0.25, -0.2) is 9.78 Å². The molecule has 2 rings (SSSR count). The van der Waals surface area contributed by atoms with Gasteiger partial charge in [-0.3, -0.25) is 4.79 Å². The Labute approximate surface area is 176 Å². The molecule has 2 amide bonds. The van der Waals surface area contributed by atoms with Gasteiger partial charge in [0.15, 0.2) is 0 Å². The molecule has 1 aromatic carbocycles. The predicted octanol–water partition coefficient (Wildman–Crippen LogP) is 4.43. The summed E-state index contributed by atoms with van der Waals surface area (Å²) in [6.07, 6.45) is 1.79. The Hall–Kier alpha value is -3.29. The van der Waals surface area contributed by atoms with E-state index in [0.717, 1.165) is 11.3 Å². The summed E-state index contributed by atoms with van der Waals surface area (Å²) < 4.78 is 16.1. The van der Waals surface area contributed by atoms with E-state index in [9.17, 15) is 9.59 Å². The van der Waals surface area contributed by atoms with E-state index in [1.807, 2.05) is 19.1 Å². The standard InChI is InChI=1S/C22H29N3O5/c1-15-8-10-17(13-18(15)28-5)29-20-11-9-16(14-24-20)25-19(26)7-6-12-23-21(27)30-22(2,3)4/h8-11,13-14H,6-7,12H2,1-5H3,(H,23,27)(H,25,26). The summed E-state index contributed by atoms with van der Waals surface area (Å²) in [7, 11) is 1.61. The molecule has 8 nitrogen and oxygen atoms in total. The van der Waals surface area contributed by atoms with E-state index in [2.05, 4.69) is 15.6 Å². The molecule has 0 spiro atoms. The van der Waals surface area contributed by atoms with Crippen LogP contribution in [0.25, 0.3) is 0 Å². The molecule has 0 unspecified atom stereocenters. The summed E-state index contributed by atoms with van der Waals surface area (Å²) in [5.41, 5.74) is 1.03. The Morgan fingerprint density at radius 3 is 2.53 bits per heavy atom. The lowest BCUT2D eigenvalue weighted by Crippen LogP contribution is -2.33. The highest BCUT2D eigenvalue weighted by molar-refractivity contribution is 5.90. The maximum absolute atomic E-state index is 12.0. The van der Waals surface area contributed by atoms with Gasteiger partial charge in [-0.1, -0.05) is 6.07 Å². The van der Waals surface area contributed by atoms with Gasteiger partial charge in [0.25, 0.3) is 0 Å². The molecular formula is C22H29N3O5. The van der Waals surface area contributed by atoms with Crippen LogP contribution in [0.2, 0.25) is 0 Å². The second-order valence-corrected chi connectivity index (χ2v) is 7.70. The van der Waals surface area contributed by atoms with E-state index in [4.69, 9.17) is 14.2 Å². The molecule has 8 heteroatoms. The van der Waals surface area contributed by atoms with Gasteiger partial charge in [0, 0.05) is 25.1 Å². The number of anilines is 1. The number of methoxy groups -OCH3 is 1. The largest absolute Gasteiger partial charge is 0.496 e. The Kier molecular flexibility index (Phi) is 8.03. The third kappa shape index (κ3) is 7.98. The van der Waals surface area contributed by atoms with E-state index in [1.165, 1.54) is 6.20 Å². The van der Waals surface area contributed by atoms with Crippen LogP contribution in [-0.2, 0) is 9.53 Å². The fraction of sp³-hybridized carbons (Fsp3) is 0.409. The maximum atomic E-state index is 12.0. The topological polar surface area (TPSA) is 98.8 Å². The number of carbonyl (C=O) groups is 2. The molecule has 2 aromatic rings. The number of nitrogens with one attached hydrogen (secondary N) is 2. The number of benzene rings is 1. The first kappa shape index (κ1) is 23.0. The Morgan fingerprint density at radius 1 is 1.13 bits per heavy atom. The summed E-state index contributed by atoms with van der Waals surface area (Å²) >= 11 is 0. The highest BCUT2D eigenvalue weighted by Crippen LogP contribution is 2.27. The number of ether oxygens (including phenoxy) is 3. The number of carbonyl (C=O) groups excluding carboxylic acids is 2. The molecule has 0 saturated carbocycles. The van der Waals surface area contributed by atoms with Crippen LogP contribution in [-0.4, -0.2) is 36.2 Å². The van der Waals surface area contributed by atoms with Crippen molar-refractivity contribution in [3.05, 3.63) is 42.1 Å². The van der Waals surface area contributed by atoms with Crippen molar-refractivity contribution in [2.24, 2.45) is 0 Å². The Bertz CT molecular complexity index is 860. The van der Waals surface area contributed by atoms with Gasteiger partial charge >= 0.3 is 6.09 Å². The first-order chi connectivity index (χ1) is 14.2. The molecule has 0 radical (unpaired) electrons. The minimum Gasteiger partial charge on any atom is -0.496 e. The number of aryl methyl sites for hydroxylation is 1. The highest BCUT2D eigenvalue weighted by atomic mass is 16.6. The van der Waals surface area contributed by atoms with Crippen LogP contribution < -0.4 is 20.1 Å². The van der Waals surface area contributed by atoms with E-state index in [1.54, 1.807) is 46.1 Å². The van der Waals surface area contributed by atoms with Gasteiger partial charge in [0.1, 0.15) is 17.1 Å². The predicted molar refractivity (Wildman–Crippen MR) is 114 cm³/mol. The molecule has 0 bridgehead atoms. The fourth-order valence-corrected chi connectivity index (χ4v) is 2.48. The van der Waals surface area contributed by atoms with Gasteiger partial charge in [-0.2, -0.15) is 0 Å². The SMILES string of the molecule is COc1cc(Oc2ccc(NC(=O)CCCNC(=O)OC(C)(C)C)cn2)ccc1C. The van der Waals surface area contributed by atoms with Crippen LogP contribution in [0.5, 0.6) is 17.4 Å². The molecule has 0 aliphatic heterocycles. The quantitative estimate of drug-likeness (QED) is 0.619. The van der Waals surface area contributed by atoms with Crippen LogP contribution in [0.1, 0.15) is 39.2 Å². The average molecular weight is 415 g/mol. The van der Waals surface area contributed by atoms with Gasteiger partial charge < -0.3 is 24.8 Å². The molecule has 30 heavy (non-hydrogen) atoms. The maximum Gasteiger partial charge on any atom is 0.407 e. The average Bonchev–Trinajstić information content (AvgIpc) is 2.67. The first-order valence-electron chi connectivity index (χ1n) is 9.71. The van der Waals surface area contributed by atoms with Gasteiger partial charge in [-0.05, 0) is 51.8 Å². The van der Waals surface area contributed by atoms with Crippen molar-refractivity contribution in [1.29, 1.82) is 0 Å². The number of pyridine rings is 1. The smallest absolute Gasteiger partial charge is 0.407 e. The molecule has 0 fully saturated rings. The monoisotopic (exact) mass is 415 g/mol. The molecule has 162 valence electrons. The van der Waals surface area contributed by atoms with Crippen molar-refractivity contribution in [3.63, 3.8) is 0 Å². The molecular weight excluding hydrogens is 386 g/mol. The zero-order chi connectivity index (χ0) is 22.1. The molecule has 0 aliphatic carbocycles. The third-order valence-corrected chi connectivity index (χ3v) is 3.87. The second kappa shape index (κ2) is 10.5. The van der Waals surface area contributed by atoms with E-state index < -0.39 is 11.7 Å². The number of hydrogen-bond donors (Lipinski definition) is 2. The Balaban J connectivity index is 1.76. The zero-order valence-corrected chi connectivity index (χ0v) is 18.1. The van der Waals surface area contributed by atoms with Gasteiger partial charge in [-0.15, -0.1) is 0 Å². The van der Waals surface area contributed by atoms with Crippen LogP contribution in [0, 0.1) is 6.92 Å². The fourth-order valence-electron chi connectivity index (χ4n) is 2.48. The molecule has 0 atom stereocenters. The van der Waals surface area contributed by atoms with Crippen molar-refractivity contribution in [1.82, 2.24) is 10.3 Å². The normalized spacial score (nSPS) is 10.8. The summed E-state index contributed by atoms with van der Waals surface area (Å²) in [5.74, 6) is 1.58. The Morgan fingerprint density at radius 2 is 1.90 bits per heavy atom. The third-order valence-electron chi connectivity index (χ3n) is 3.87. The van der Waals surface area contributed by atoms with Crippen molar-refractivity contribution in [2.45, 2.75) is 46.1 Å². The molecule has 0 aliphatic rings. The van der Waals surface area contributed by atoms with Crippen molar-refractivity contribution < 1.29 is 23.8 Å². The molecule has 1 aromatic heterocycles. The number of amides is 2. The number of nitrogens with zero attached hydrogens (tertiary/aromatic N) is 1. The second-order valence-electron chi connectivity index (χ2n) is 7.70. The summed E-state index contributed by atoms with van der Waals surface area (Å²) in [4.78, 5) is 27.8. The van der Waals surface area contributed by atoms with Crippen LogP contribution in [0.4, 0.5) is 10.5 Å². The van der Waals surface area contributed by atoms with Gasteiger partial charge in [0.2, 0.25) is 11.8 Å². The lowest BCUT2D eigenvalue weighted by molar-refractivity contribution is -0.116. The number of alkyl carbamates (subject to hydrolysis) is 1. The first-order valence-corrected chi connectivity index (χ1v) is 9.71. The minimum absolute atomic E-state index is 0.167. The number of hydrogen-bond acceptors (Lipinski definition) is 6. The van der Waals surface area contributed by atoms with Crippen LogP contribution in [0.3, 0.4) is 0 Å². The van der Waals surface area contributed by atoms with Gasteiger partial charge in [0.05, 0.1) is 19.0 Å². The highest BCUT2D eigenvalue weighted by Gasteiger charge is 2.15. The van der Waals surface area contributed by atoms with Crippen LogP contribution >= 0.6 is 0 Å². The van der Waals surface area contributed by atoms with E-state index in [-0.39, 0.29) is 12.3 Å². The minimum atomic E-state index is -0.546. The lowest BCUT2D eigenvalue weighted by Gasteiger charge is -2.19. The van der Waals surface area contributed by atoms with Crippen LogP contribution in [0.15, 0.2) is 36.5 Å². The van der Waals surface area contributed by atoms with Crippen molar-refractivity contribution >= 4 is 17.7 Å². The summed E-state index contributed by atoms with van der Waals surface area (Å²) in [6.45, 7) is 7.69.